The first-order valence-electron chi connectivity index (χ1n) is 8.45. The Morgan fingerprint density at radius 3 is 2.58 bits per heavy atom. The number of thioether (sulfide) groups is 1. The van der Waals surface area contributed by atoms with E-state index in [-0.39, 0.29) is 17.4 Å². The van der Waals surface area contributed by atoms with Gasteiger partial charge in [0.15, 0.2) is 16.7 Å². The minimum Gasteiger partial charge on any atom is -0.504 e. The maximum absolute atomic E-state index is 12.1. The van der Waals surface area contributed by atoms with E-state index >= 15 is 0 Å². The molecule has 3 N–H and O–H groups in total. The summed E-state index contributed by atoms with van der Waals surface area (Å²) in [6.45, 7) is 2.17. The fourth-order valence-corrected chi connectivity index (χ4v) is 3.34. The summed E-state index contributed by atoms with van der Waals surface area (Å²) < 4.78 is 0. The lowest BCUT2D eigenvalue weighted by molar-refractivity contribution is -0.115. The summed E-state index contributed by atoms with van der Waals surface area (Å²) in [7, 11) is 0. The Balaban J connectivity index is 1.73. The van der Waals surface area contributed by atoms with Crippen LogP contribution in [0.2, 0.25) is 0 Å². The van der Waals surface area contributed by atoms with E-state index in [1.165, 1.54) is 42.3 Å². The maximum Gasteiger partial charge on any atom is 0.264 e. The molecule has 26 heavy (non-hydrogen) atoms. The predicted molar refractivity (Wildman–Crippen MR) is 106 cm³/mol. The van der Waals surface area contributed by atoms with Crippen molar-refractivity contribution >= 4 is 34.6 Å². The number of hydrogen-bond donors (Lipinski definition) is 3. The standard InChI is InChI=1S/C20H20N2O3S/c1-2-3-4-13-5-8-15(9-6-13)21-20-22-19(25)18(26-20)12-14-7-10-16(23)17(24)11-14/h5-12,23-24H,2-4H2,1H3,(H,21,22,25). The molecule has 0 aromatic heterocycles. The van der Waals surface area contributed by atoms with E-state index in [0.29, 0.717) is 15.6 Å². The van der Waals surface area contributed by atoms with Crippen LogP contribution >= 0.6 is 11.8 Å². The minimum absolute atomic E-state index is 0.194. The molecule has 0 aliphatic carbocycles. The van der Waals surface area contributed by atoms with Crippen molar-refractivity contribution in [3.05, 3.63) is 58.5 Å². The third kappa shape index (κ3) is 4.46. The third-order valence-electron chi connectivity index (χ3n) is 3.93. The first kappa shape index (κ1) is 18.1. The van der Waals surface area contributed by atoms with Crippen LogP contribution in [0.25, 0.3) is 6.08 Å². The van der Waals surface area contributed by atoms with Crippen molar-refractivity contribution in [2.24, 2.45) is 4.99 Å². The molecule has 1 heterocycles. The Morgan fingerprint density at radius 2 is 1.88 bits per heavy atom. The van der Waals surface area contributed by atoms with Crippen molar-refractivity contribution < 1.29 is 15.0 Å². The van der Waals surface area contributed by atoms with Gasteiger partial charge >= 0.3 is 0 Å². The van der Waals surface area contributed by atoms with Crippen molar-refractivity contribution in [1.29, 1.82) is 0 Å². The highest BCUT2D eigenvalue weighted by Gasteiger charge is 2.23. The summed E-state index contributed by atoms with van der Waals surface area (Å²) in [5.41, 5.74) is 2.70. The van der Waals surface area contributed by atoms with Crippen LogP contribution in [0.1, 0.15) is 30.9 Å². The molecule has 6 heteroatoms. The second-order valence-electron chi connectivity index (χ2n) is 6.00. The Kier molecular flexibility index (Phi) is 5.63. The lowest BCUT2D eigenvalue weighted by Crippen LogP contribution is -2.19. The molecular weight excluding hydrogens is 348 g/mol. The number of carbonyl (C=O) groups excluding carboxylic acids is 1. The van der Waals surface area contributed by atoms with Gasteiger partial charge in [0.1, 0.15) is 0 Å². The predicted octanol–water partition coefficient (Wildman–Crippen LogP) is 4.33. The summed E-state index contributed by atoms with van der Waals surface area (Å²) >= 11 is 1.24. The number of hydrogen-bond acceptors (Lipinski definition) is 5. The summed E-state index contributed by atoms with van der Waals surface area (Å²) in [4.78, 5) is 17.1. The number of amides is 1. The number of aliphatic imine (C=N–C) groups is 1. The van der Waals surface area contributed by atoms with Crippen LogP contribution in [0.4, 0.5) is 5.69 Å². The number of benzene rings is 2. The summed E-state index contributed by atoms with van der Waals surface area (Å²) in [6.07, 6.45) is 5.04. The number of phenols is 2. The Bertz CT molecular complexity index is 873. The number of amidine groups is 1. The molecule has 0 radical (unpaired) electrons. The van der Waals surface area contributed by atoms with Gasteiger partial charge in [-0.05, 0) is 66.1 Å². The number of aryl methyl sites for hydroxylation is 1. The number of phenolic OH excluding ortho intramolecular Hbond substituents is 2. The monoisotopic (exact) mass is 368 g/mol. The smallest absolute Gasteiger partial charge is 0.264 e. The highest BCUT2D eigenvalue weighted by atomic mass is 32.2. The van der Waals surface area contributed by atoms with Gasteiger partial charge in [-0.2, -0.15) is 0 Å². The highest BCUT2D eigenvalue weighted by molar-refractivity contribution is 8.18. The van der Waals surface area contributed by atoms with Crippen LogP contribution in [0.5, 0.6) is 11.5 Å². The van der Waals surface area contributed by atoms with E-state index in [0.717, 1.165) is 12.1 Å². The van der Waals surface area contributed by atoms with Crippen LogP contribution in [0, 0.1) is 0 Å². The van der Waals surface area contributed by atoms with Crippen LogP contribution in [0.15, 0.2) is 52.4 Å². The van der Waals surface area contributed by atoms with Gasteiger partial charge in [0.2, 0.25) is 0 Å². The molecule has 0 atom stereocenters. The molecule has 134 valence electrons. The van der Waals surface area contributed by atoms with Crippen molar-refractivity contribution in [3.63, 3.8) is 0 Å². The van der Waals surface area contributed by atoms with Gasteiger partial charge in [0.05, 0.1) is 10.6 Å². The van der Waals surface area contributed by atoms with Gasteiger partial charge in [-0.25, -0.2) is 4.99 Å². The lowest BCUT2D eigenvalue weighted by Gasteiger charge is -2.01. The SMILES string of the molecule is CCCCc1ccc(N=C2NC(=O)C(=Cc3ccc(O)c(O)c3)S2)cc1. The summed E-state index contributed by atoms with van der Waals surface area (Å²) in [6, 6.07) is 12.4. The lowest BCUT2D eigenvalue weighted by atomic mass is 10.1. The molecule has 0 unspecified atom stereocenters. The van der Waals surface area contributed by atoms with Crippen LogP contribution < -0.4 is 5.32 Å². The molecule has 1 saturated heterocycles. The molecule has 2 aromatic carbocycles. The first-order chi connectivity index (χ1) is 12.5. The molecule has 0 bridgehead atoms. The molecule has 1 aliphatic rings. The quantitative estimate of drug-likeness (QED) is 0.542. The van der Waals surface area contributed by atoms with E-state index in [1.54, 1.807) is 12.1 Å². The molecule has 1 amide bonds. The van der Waals surface area contributed by atoms with E-state index < -0.39 is 0 Å². The van der Waals surface area contributed by atoms with Crippen molar-refractivity contribution in [2.75, 3.05) is 0 Å². The largest absolute Gasteiger partial charge is 0.504 e. The first-order valence-corrected chi connectivity index (χ1v) is 9.27. The molecule has 2 aromatic rings. The number of carbonyl (C=O) groups is 1. The molecule has 3 rings (SSSR count). The normalized spacial score (nSPS) is 17.0. The fraction of sp³-hybridized carbons (Fsp3) is 0.200. The average molecular weight is 368 g/mol. The van der Waals surface area contributed by atoms with E-state index in [4.69, 9.17) is 0 Å². The van der Waals surface area contributed by atoms with Crippen molar-refractivity contribution in [2.45, 2.75) is 26.2 Å². The van der Waals surface area contributed by atoms with Crippen molar-refractivity contribution in [3.8, 4) is 11.5 Å². The van der Waals surface area contributed by atoms with E-state index in [9.17, 15) is 15.0 Å². The number of nitrogens with zero attached hydrogens (tertiary/aromatic N) is 1. The molecule has 1 fully saturated rings. The van der Waals surface area contributed by atoms with Gasteiger partial charge < -0.3 is 15.5 Å². The third-order valence-corrected chi connectivity index (χ3v) is 4.84. The molecule has 5 nitrogen and oxygen atoms in total. The Labute approximate surface area is 156 Å². The van der Waals surface area contributed by atoms with E-state index in [2.05, 4.69) is 29.4 Å². The van der Waals surface area contributed by atoms with Crippen LogP contribution in [0.3, 0.4) is 0 Å². The zero-order valence-electron chi connectivity index (χ0n) is 14.4. The molecule has 0 saturated carbocycles. The minimum atomic E-state index is -0.235. The van der Waals surface area contributed by atoms with Crippen LogP contribution in [-0.4, -0.2) is 21.3 Å². The number of nitrogens with one attached hydrogen (secondary N) is 1. The maximum atomic E-state index is 12.1. The number of rotatable bonds is 5. The summed E-state index contributed by atoms with van der Waals surface area (Å²) in [5.74, 6) is -0.652. The highest BCUT2D eigenvalue weighted by Crippen LogP contribution is 2.31. The molecule has 0 spiro atoms. The number of aromatic hydroxyl groups is 2. The zero-order valence-corrected chi connectivity index (χ0v) is 15.2. The van der Waals surface area contributed by atoms with Crippen LogP contribution in [-0.2, 0) is 11.2 Å². The van der Waals surface area contributed by atoms with Gasteiger partial charge in [0, 0.05) is 0 Å². The Morgan fingerprint density at radius 1 is 1.12 bits per heavy atom. The van der Waals surface area contributed by atoms with Gasteiger partial charge in [0.25, 0.3) is 5.91 Å². The van der Waals surface area contributed by atoms with E-state index in [1.807, 2.05) is 12.1 Å². The van der Waals surface area contributed by atoms with Gasteiger partial charge in [-0.15, -0.1) is 0 Å². The van der Waals surface area contributed by atoms with Crippen molar-refractivity contribution in [1.82, 2.24) is 5.32 Å². The zero-order chi connectivity index (χ0) is 18.5. The molecule has 1 aliphatic heterocycles. The number of unbranched alkanes of at least 4 members (excludes halogenated alkanes) is 1. The second kappa shape index (κ2) is 8.10. The Hall–Kier alpha value is -2.73. The fourth-order valence-electron chi connectivity index (χ4n) is 2.50. The molecular formula is C20H20N2O3S. The second-order valence-corrected chi connectivity index (χ2v) is 7.03. The average Bonchev–Trinajstić information content (AvgIpc) is 2.96. The van der Waals surface area contributed by atoms with Gasteiger partial charge in [-0.1, -0.05) is 31.5 Å². The summed E-state index contributed by atoms with van der Waals surface area (Å²) in [5, 5.41) is 22.2. The topological polar surface area (TPSA) is 81.9 Å². The van der Waals surface area contributed by atoms with Gasteiger partial charge in [-0.3, -0.25) is 4.79 Å².